The minimum atomic E-state index is -0.391. The molecule has 0 saturated heterocycles. The second-order valence-corrected chi connectivity index (χ2v) is 6.25. The molecule has 0 aliphatic rings. The monoisotopic (exact) mass is 414 g/mol. The Kier molecular flexibility index (Phi) is 8.87. The third kappa shape index (κ3) is 6.74. The fourth-order valence-electron chi connectivity index (χ4n) is 2.34. The number of hydrogen-bond acceptors (Lipinski definition) is 5. The quantitative estimate of drug-likeness (QED) is 0.357. The first kappa shape index (κ1) is 22.1. The van der Waals surface area contributed by atoms with E-state index < -0.39 is 5.91 Å². The van der Waals surface area contributed by atoms with Gasteiger partial charge >= 0.3 is 0 Å². The molecule has 152 valence electrons. The van der Waals surface area contributed by atoms with Gasteiger partial charge < -0.3 is 14.2 Å². The predicted octanol–water partition coefficient (Wildman–Crippen LogP) is 4.30. The van der Waals surface area contributed by atoms with Gasteiger partial charge in [-0.25, -0.2) is 5.43 Å². The van der Waals surface area contributed by atoms with Gasteiger partial charge in [0.2, 0.25) is 0 Å². The fourth-order valence-corrected chi connectivity index (χ4v) is 2.53. The zero-order valence-corrected chi connectivity index (χ0v) is 17.2. The molecule has 2 aromatic rings. The molecule has 7 heteroatoms. The molecule has 0 bridgehead atoms. The summed E-state index contributed by atoms with van der Waals surface area (Å²) >= 11 is 6.02. The topological polar surface area (TPSA) is 69.2 Å². The molecule has 0 unspecified atom stereocenters. The number of hydrogen-bond donors (Lipinski definition) is 1. The average Bonchev–Trinajstić information content (AvgIpc) is 2.72. The number of benzene rings is 2. The van der Waals surface area contributed by atoms with E-state index in [1.807, 2.05) is 13.8 Å². The van der Waals surface area contributed by atoms with Crippen molar-refractivity contribution in [2.45, 2.75) is 20.3 Å². The average molecular weight is 415 g/mol. The Morgan fingerprint density at radius 1 is 1.14 bits per heavy atom. The third-order valence-electron chi connectivity index (χ3n) is 3.62. The van der Waals surface area contributed by atoms with Gasteiger partial charge in [-0.3, -0.25) is 4.79 Å². The van der Waals surface area contributed by atoms with Crippen molar-refractivity contribution in [2.75, 3.05) is 19.8 Å². The van der Waals surface area contributed by atoms with Crippen LogP contribution in [0.15, 0.2) is 41.5 Å². The number of terminal acetylenes is 1. The van der Waals surface area contributed by atoms with Crippen LogP contribution in [0.3, 0.4) is 0 Å². The lowest BCUT2D eigenvalue weighted by Gasteiger charge is -2.12. The summed E-state index contributed by atoms with van der Waals surface area (Å²) in [4.78, 5) is 12.4. The van der Waals surface area contributed by atoms with Gasteiger partial charge in [-0.1, -0.05) is 24.4 Å². The molecule has 0 heterocycles. The Balaban J connectivity index is 2.11. The molecule has 1 amide bonds. The number of rotatable bonds is 10. The SMILES string of the molecule is C#CCOc1ccc(Cl)cc1/C=N/NC(=O)c1ccc(OCCC)c(OCC)c1. The van der Waals surface area contributed by atoms with Crippen molar-refractivity contribution in [2.24, 2.45) is 5.10 Å². The number of carbonyl (C=O) groups excluding carboxylic acids is 1. The number of amides is 1. The van der Waals surface area contributed by atoms with Gasteiger partial charge in [0.1, 0.15) is 12.4 Å². The van der Waals surface area contributed by atoms with Crippen LogP contribution in [0.2, 0.25) is 5.02 Å². The highest BCUT2D eigenvalue weighted by atomic mass is 35.5. The highest BCUT2D eigenvalue weighted by molar-refractivity contribution is 6.30. The van der Waals surface area contributed by atoms with Gasteiger partial charge in [0, 0.05) is 16.1 Å². The number of hydrazone groups is 1. The van der Waals surface area contributed by atoms with Crippen molar-refractivity contribution < 1.29 is 19.0 Å². The lowest BCUT2D eigenvalue weighted by atomic mass is 10.2. The van der Waals surface area contributed by atoms with Gasteiger partial charge in [-0.15, -0.1) is 6.42 Å². The first-order valence-electron chi connectivity index (χ1n) is 9.17. The van der Waals surface area contributed by atoms with E-state index in [4.69, 9.17) is 32.2 Å². The lowest BCUT2D eigenvalue weighted by molar-refractivity contribution is 0.0954. The molecule has 0 saturated carbocycles. The molecule has 29 heavy (non-hydrogen) atoms. The smallest absolute Gasteiger partial charge is 0.271 e. The van der Waals surface area contributed by atoms with Crippen LogP contribution in [0.4, 0.5) is 0 Å². The molecule has 0 spiro atoms. The van der Waals surface area contributed by atoms with E-state index in [1.165, 1.54) is 6.21 Å². The van der Waals surface area contributed by atoms with Gasteiger partial charge in [0.05, 0.1) is 19.4 Å². The molecule has 0 aromatic heterocycles. The van der Waals surface area contributed by atoms with Crippen molar-refractivity contribution in [3.8, 4) is 29.6 Å². The van der Waals surface area contributed by atoms with E-state index in [-0.39, 0.29) is 6.61 Å². The molecular formula is C22H23ClN2O4. The zero-order valence-electron chi connectivity index (χ0n) is 16.4. The second-order valence-electron chi connectivity index (χ2n) is 5.82. The van der Waals surface area contributed by atoms with Crippen LogP contribution < -0.4 is 19.6 Å². The van der Waals surface area contributed by atoms with Gasteiger partial charge in [0.25, 0.3) is 5.91 Å². The molecule has 0 atom stereocenters. The van der Waals surface area contributed by atoms with Gasteiger partial charge in [0.15, 0.2) is 11.5 Å². The van der Waals surface area contributed by atoms with Crippen LogP contribution in [0, 0.1) is 12.3 Å². The number of halogens is 1. The highest BCUT2D eigenvalue weighted by Crippen LogP contribution is 2.28. The summed E-state index contributed by atoms with van der Waals surface area (Å²) in [5, 5.41) is 4.50. The maximum Gasteiger partial charge on any atom is 0.271 e. The first-order valence-corrected chi connectivity index (χ1v) is 9.55. The minimum Gasteiger partial charge on any atom is -0.490 e. The lowest BCUT2D eigenvalue weighted by Crippen LogP contribution is -2.18. The summed E-state index contributed by atoms with van der Waals surface area (Å²) in [6, 6.07) is 10.0. The van der Waals surface area contributed by atoms with Crippen LogP contribution in [-0.2, 0) is 0 Å². The Morgan fingerprint density at radius 2 is 1.93 bits per heavy atom. The van der Waals surface area contributed by atoms with Crippen molar-refractivity contribution in [1.29, 1.82) is 0 Å². The summed E-state index contributed by atoms with van der Waals surface area (Å²) in [5.41, 5.74) is 3.46. The van der Waals surface area contributed by atoms with Crippen molar-refractivity contribution in [3.05, 3.63) is 52.5 Å². The Bertz CT molecular complexity index is 906. The second kappa shape index (κ2) is 11.6. The molecule has 0 aliphatic carbocycles. The third-order valence-corrected chi connectivity index (χ3v) is 3.86. The van der Waals surface area contributed by atoms with E-state index in [0.29, 0.717) is 46.6 Å². The van der Waals surface area contributed by atoms with E-state index in [9.17, 15) is 4.79 Å². The van der Waals surface area contributed by atoms with E-state index in [1.54, 1.807) is 36.4 Å². The first-order chi connectivity index (χ1) is 14.1. The summed E-state index contributed by atoms with van der Waals surface area (Å²) in [5.74, 6) is 3.63. The van der Waals surface area contributed by atoms with Gasteiger partial charge in [-0.05, 0) is 49.7 Å². The van der Waals surface area contributed by atoms with E-state index >= 15 is 0 Å². The van der Waals surface area contributed by atoms with E-state index in [2.05, 4.69) is 16.4 Å². The normalized spacial score (nSPS) is 10.4. The Labute approximate surface area is 175 Å². The Morgan fingerprint density at radius 3 is 2.66 bits per heavy atom. The largest absolute Gasteiger partial charge is 0.490 e. The zero-order chi connectivity index (χ0) is 21.1. The predicted molar refractivity (Wildman–Crippen MR) is 114 cm³/mol. The van der Waals surface area contributed by atoms with Crippen molar-refractivity contribution >= 4 is 23.7 Å². The summed E-state index contributed by atoms with van der Waals surface area (Å²) in [6.45, 7) is 5.02. The number of nitrogens with zero attached hydrogens (tertiary/aromatic N) is 1. The number of nitrogens with one attached hydrogen (secondary N) is 1. The molecule has 2 rings (SSSR count). The molecule has 1 N–H and O–H groups in total. The molecule has 6 nitrogen and oxygen atoms in total. The summed E-state index contributed by atoms with van der Waals surface area (Å²) < 4.78 is 16.7. The van der Waals surface area contributed by atoms with Crippen molar-refractivity contribution in [3.63, 3.8) is 0 Å². The Hall–Kier alpha value is -3.17. The summed E-state index contributed by atoms with van der Waals surface area (Å²) in [6.07, 6.45) is 7.54. The van der Waals surface area contributed by atoms with E-state index in [0.717, 1.165) is 6.42 Å². The van der Waals surface area contributed by atoms with Crippen molar-refractivity contribution in [1.82, 2.24) is 5.43 Å². The van der Waals surface area contributed by atoms with Crippen LogP contribution in [0.5, 0.6) is 17.2 Å². The van der Waals surface area contributed by atoms with Crippen LogP contribution in [0.1, 0.15) is 36.2 Å². The fraction of sp³-hybridized carbons (Fsp3) is 0.273. The minimum absolute atomic E-state index is 0.113. The maximum absolute atomic E-state index is 12.4. The summed E-state index contributed by atoms with van der Waals surface area (Å²) in [7, 11) is 0. The molecule has 0 radical (unpaired) electrons. The standard InChI is InChI=1S/C22H23ClN2O4/c1-4-11-28-19-10-8-18(23)13-17(19)15-24-25-22(26)16-7-9-20(29-12-5-2)21(14-16)27-6-3/h1,7-10,13-15H,5-6,11-12H2,2-3H3,(H,25,26)/b24-15+. The number of ether oxygens (including phenoxy) is 3. The highest BCUT2D eigenvalue weighted by Gasteiger charge is 2.11. The molecule has 0 aliphatic heterocycles. The molecule has 0 fully saturated rings. The molecular weight excluding hydrogens is 392 g/mol. The number of carbonyl (C=O) groups is 1. The molecule has 2 aromatic carbocycles. The van der Waals surface area contributed by atoms with Gasteiger partial charge in [-0.2, -0.15) is 5.10 Å². The van der Waals surface area contributed by atoms with Crippen LogP contribution >= 0.6 is 11.6 Å². The maximum atomic E-state index is 12.4. The van der Waals surface area contributed by atoms with Crippen LogP contribution in [-0.4, -0.2) is 31.9 Å². The van der Waals surface area contributed by atoms with Crippen LogP contribution in [0.25, 0.3) is 0 Å².